The lowest BCUT2D eigenvalue weighted by Crippen LogP contribution is -2.28. The maximum Gasteiger partial charge on any atom is 0.308 e. The van der Waals surface area contributed by atoms with Crippen LogP contribution in [0.1, 0.15) is 24.9 Å². The highest BCUT2D eigenvalue weighted by Crippen LogP contribution is 2.35. The Bertz CT molecular complexity index is 437. The number of aliphatic carboxylic acids is 1. The normalized spacial score (nSPS) is 14.4. The minimum absolute atomic E-state index is 0.253. The zero-order chi connectivity index (χ0) is 13.2. The highest BCUT2D eigenvalue weighted by molar-refractivity contribution is 6.43. The highest BCUT2D eigenvalue weighted by Gasteiger charge is 2.27. The van der Waals surface area contributed by atoms with Gasteiger partial charge in [-0.1, -0.05) is 41.7 Å². The number of carboxylic acids is 1. The fourth-order valence-corrected chi connectivity index (χ4v) is 2.36. The quantitative estimate of drug-likeness (QED) is 0.832. The number of hydrogen-bond donors (Lipinski definition) is 2. The van der Waals surface area contributed by atoms with Crippen molar-refractivity contribution in [2.75, 3.05) is 0 Å². The van der Waals surface area contributed by atoms with E-state index in [2.05, 4.69) is 0 Å². The van der Waals surface area contributed by atoms with Gasteiger partial charge >= 0.3 is 5.97 Å². The first-order valence-electron chi connectivity index (χ1n) is 5.01. The summed E-state index contributed by atoms with van der Waals surface area (Å²) in [6, 6.07) is 2.30. The molecule has 3 nitrogen and oxygen atoms in total. The van der Waals surface area contributed by atoms with Crippen LogP contribution in [-0.2, 0) is 4.79 Å². The first-order chi connectivity index (χ1) is 7.88. The first-order valence-corrected chi connectivity index (χ1v) is 6.14. The SMILES string of the molecule is CCC(C(=O)O)C(N)c1cc(Cl)cc(Cl)c1Cl. The van der Waals surface area contributed by atoms with Crippen molar-refractivity contribution in [2.24, 2.45) is 11.7 Å². The van der Waals surface area contributed by atoms with Gasteiger partial charge in [-0.2, -0.15) is 0 Å². The molecule has 0 aliphatic carbocycles. The molecule has 0 aromatic heterocycles. The summed E-state index contributed by atoms with van der Waals surface area (Å²) in [4.78, 5) is 11.0. The van der Waals surface area contributed by atoms with Crippen LogP contribution in [0.3, 0.4) is 0 Å². The van der Waals surface area contributed by atoms with Crippen molar-refractivity contribution in [2.45, 2.75) is 19.4 Å². The Morgan fingerprint density at radius 2 is 2.00 bits per heavy atom. The number of hydrogen-bond acceptors (Lipinski definition) is 2. The van der Waals surface area contributed by atoms with E-state index in [1.165, 1.54) is 6.07 Å². The van der Waals surface area contributed by atoms with Crippen molar-refractivity contribution in [3.05, 3.63) is 32.8 Å². The summed E-state index contributed by atoms with van der Waals surface area (Å²) in [5, 5.41) is 9.95. The van der Waals surface area contributed by atoms with Gasteiger partial charge in [-0.15, -0.1) is 0 Å². The lowest BCUT2D eigenvalue weighted by molar-refractivity contribution is -0.142. The monoisotopic (exact) mass is 295 g/mol. The molecule has 1 aromatic rings. The van der Waals surface area contributed by atoms with Crippen LogP contribution in [0, 0.1) is 5.92 Å². The standard InChI is InChI=1S/C11H12Cl3NO2/c1-2-6(11(16)17)10(15)7-3-5(12)4-8(13)9(7)14/h3-4,6,10H,2,15H2,1H3,(H,16,17). The third kappa shape index (κ3) is 3.26. The van der Waals surface area contributed by atoms with Crippen LogP contribution in [0.4, 0.5) is 0 Å². The summed E-state index contributed by atoms with van der Waals surface area (Å²) in [5.74, 6) is -1.69. The number of benzene rings is 1. The molecule has 0 amide bonds. The van der Waals surface area contributed by atoms with Crippen LogP contribution in [0.5, 0.6) is 0 Å². The number of nitrogens with two attached hydrogens (primary N) is 1. The van der Waals surface area contributed by atoms with E-state index in [-0.39, 0.29) is 10.0 Å². The molecule has 1 aromatic carbocycles. The number of carboxylic acid groups (broad SMARTS) is 1. The Morgan fingerprint density at radius 3 is 2.47 bits per heavy atom. The van der Waals surface area contributed by atoms with Gasteiger partial charge in [0, 0.05) is 11.1 Å². The average Bonchev–Trinajstić information content (AvgIpc) is 2.23. The molecular formula is C11H12Cl3NO2. The van der Waals surface area contributed by atoms with Gasteiger partial charge in [-0.05, 0) is 24.1 Å². The Morgan fingerprint density at radius 1 is 1.41 bits per heavy atom. The van der Waals surface area contributed by atoms with Gasteiger partial charge < -0.3 is 10.8 Å². The van der Waals surface area contributed by atoms with Crippen molar-refractivity contribution in [1.82, 2.24) is 0 Å². The van der Waals surface area contributed by atoms with Gasteiger partial charge in [-0.3, -0.25) is 4.79 Å². The van der Waals surface area contributed by atoms with Crippen LogP contribution in [-0.4, -0.2) is 11.1 Å². The van der Waals surface area contributed by atoms with E-state index >= 15 is 0 Å². The zero-order valence-electron chi connectivity index (χ0n) is 9.08. The fourth-order valence-electron chi connectivity index (χ4n) is 1.62. The summed E-state index contributed by atoms with van der Waals surface area (Å²) >= 11 is 17.7. The molecule has 0 aliphatic heterocycles. The molecular weight excluding hydrogens is 284 g/mol. The van der Waals surface area contributed by atoms with E-state index in [1.54, 1.807) is 13.0 Å². The Kier molecular flexibility index (Phi) is 5.07. The van der Waals surface area contributed by atoms with Crippen LogP contribution < -0.4 is 5.73 Å². The molecule has 1 rings (SSSR count). The topological polar surface area (TPSA) is 63.3 Å². The summed E-state index contributed by atoms with van der Waals surface area (Å²) in [5.41, 5.74) is 6.36. The molecule has 2 unspecified atom stereocenters. The summed E-state index contributed by atoms with van der Waals surface area (Å²) in [7, 11) is 0. The molecule has 0 spiro atoms. The molecule has 0 radical (unpaired) electrons. The molecule has 3 N–H and O–H groups in total. The zero-order valence-corrected chi connectivity index (χ0v) is 11.4. The summed E-state index contributed by atoms with van der Waals surface area (Å²) in [6.45, 7) is 1.75. The minimum atomic E-state index is -0.966. The van der Waals surface area contributed by atoms with Crippen molar-refractivity contribution in [3.63, 3.8) is 0 Å². The second-order valence-corrected chi connectivity index (χ2v) is 4.89. The second kappa shape index (κ2) is 5.91. The molecule has 0 aliphatic rings. The third-order valence-electron chi connectivity index (χ3n) is 2.57. The fraction of sp³-hybridized carbons (Fsp3) is 0.364. The molecule has 0 bridgehead atoms. The van der Waals surface area contributed by atoms with Crippen LogP contribution in [0.2, 0.25) is 15.1 Å². The van der Waals surface area contributed by atoms with E-state index in [0.29, 0.717) is 17.0 Å². The van der Waals surface area contributed by atoms with Crippen molar-refractivity contribution in [1.29, 1.82) is 0 Å². The highest BCUT2D eigenvalue weighted by atomic mass is 35.5. The molecule has 0 heterocycles. The van der Waals surface area contributed by atoms with E-state index in [9.17, 15) is 4.79 Å². The third-order valence-corrected chi connectivity index (χ3v) is 3.61. The predicted molar refractivity (Wildman–Crippen MR) is 69.8 cm³/mol. The van der Waals surface area contributed by atoms with E-state index in [4.69, 9.17) is 45.6 Å². The predicted octanol–water partition coefficient (Wildman–Crippen LogP) is 3.76. The van der Waals surface area contributed by atoms with Gasteiger partial charge in [-0.25, -0.2) is 0 Å². The van der Waals surface area contributed by atoms with Gasteiger partial charge in [0.05, 0.1) is 16.0 Å². The Balaban J connectivity index is 3.19. The maximum absolute atomic E-state index is 11.0. The lowest BCUT2D eigenvalue weighted by Gasteiger charge is -2.20. The molecule has 94 valence electrons. The van der Waals surface area contributed by atoms with Crippen LogP contribution in [0.25, 0.3) is 0 Å². The molecule has 0 saturated heterocycles. The van der Waals surface area contributed by atoms with Gasteiger partial charge in [0.2, 0.25) is 0 Å². The molecule has 6 heteroatoms. The lowest BCUT2D eigenvalue weighted by atomic mass is 9.92. The minimum Gasteiger partial charge on any atom is -0.481 e. The van der Waals surface area contributed by atoms with Crippen molar-refractivity contribution < 1.29 is 9.90 Å². The van der Waals surface area contributed by atoms with E-state index in [0.717, 1.165) is 0 Å². The molecule has 0 fully saturated rings. The average molecular weight is 297 g/mol. The van der Waals surface area contributed by atoms with Crippen molar-refractivity contribution >= 4 is 40.8 Å². The van der Waals surface area contributed by atoms with E-state index in [1.807, 2.05) is 0 Å². The molecule has 2 atom stereocenters. The summed E-state index contributed by atoms with van der Waals surface area (Å²) in [6.07, 6.45) is 0.400. The van der Waals surface area contributed by atoms with Crippen LogP contribution >= 0.6 is 34.8 Å². The maximum atomic E-state index is 11.0. The van der Waals surface area contributed by atoms with Crippen molar-refractivity contribution in [3.8, 4) is 0 Å². The number of rotatable bonds is 4. The molecule has 0 saturated carbocycles. The largest absolute Gasteiger partial charge is 0.481 e. The number of carbonyl (C=O) groups is 1. The number of halogens is 3. The van der Waals surface area contributed by atoms with E-state index < -0.39 is 17.9 Å². The summed E-state index contributed by atoms with van der Waals surface area (Å²) < 4.78 is 0. The van der Waals surface area contributed by atoms with Crippen LogP contribution in [0.15, 0.2) is 12.1 Å². The Labute approximate surface area is 114 Å². The molecule has 17 heavy (non-hydrogen) atoms. The second-order valence-electron chi connectivity index (χ2n) is 3.67. The van der Waals surface area contributed by atoms with Gasteiger partial charge in [0.15, 0.2) is 0 Å². The van der Waals surface area contributed by atoms with Gasteiger partial charge in [0.1, 0.15) is 0 Å². The smallest absolute Gasteiger partial charge is 0.308 e. The Hall–Kier alpha value is -0.480. The van der Waals surface area contributed by atoms with Gasteiger partial charge in [0.25, 0.3) is 0 Å². The first kappa shape index (κ1) is 14.6.